The number of rotatable bonds is 2. The molecule has 0 saturated carbocycles. The van der Waals surface area contributed by atoms with Gasteiger partial charge in [0.2, 0.25) is 0 Å². The standard InChI is InChI=1S/C12H12F2O2/c13-12(14)16-11-7-3-5-8-9(11)4-1-2-6-10(8)15/h3,5,7,12H,1-2,4,6H2. The Labute approximate surface area is 92.2 Å². The fourth-order valence-electron chi connectivity index (χ4n) is 2.01. The first kappa shape index (κ1) is 11.0. The van der Waals surface area contributed by atoms with Crippen molar-refractivity contribution in [1.82, 2.24) is 0 Å². The molecule has 0 aliphatic heterocycles. The molecule has 16 heavy (non-hydrogen) atoms. The fraction of sp³-hybridized carbons (Fsp3) is 0.417. The Bertz CT molecular complexity index is 402. The van der Waals surface area contributed by atoms with Crippen LogP contribution in [-0.4, -0.2) is 12.4 Å². The predicted molar refractivity (Wildman–Crippen MR) is 55.0 cm³/mol. The summed E-state index contributed by atoms with van der Waals surface area (Å²) in [5.41, 5.74) is 1.17. The van der Waals surface area contributed by atoms with Crippen molar-refractivity contribution in [3.05, 3.63) is 29.3 Å². The number of alkyl halides is 2. The minimum atomic E-state index is -2.84. The average molecular weight is 226 g/mol. The van der Waals surface area contributed by atoms with Gasteiger partial charge in [-0.25, -0.2) is 0 Å². The molecule has 0 amide bonds. The topological polar surface area (TPSA) is 26.3 Å². The molecule has 0 aromatic heterocycles. The van der Waals surface area contributed by atoms with Gasteiger partial charge in [-0.15, -0.1) is 0 Å². The van der Waals surface area contributed by atoms with E-state index < -0.39 is 6.61 Å². The summed E-state index contributed by atoms with van der Waals surface area (Å²) in [6.45, 7) is -2.84. The quantitative estimate of drug-likeness (QED) is 0.724. The molecule has 1 aliphatic carbocycles. The van der Waals surface area contributed by atoms with Crippen molar-refractivity contribution in [1.29, 1.82) is 0 Å². The van der Waals surface area contributed by atoms with E-state index in [0.717, 1.165) is 12.8 Å². The second kappa shape index (κ2) is 4.60. The first-order valence-electron chi connectivity index (χ1n) is 5.28. The van der Waals surface area contributed by atoms with Gasteiger partial charge in [-0.2, -0.15) is 8.78 Å². The van der Waals surface area contributed by atoms with Crippen molar-refractivity contribution >= 4 is 5.78 Å². The molecule has 0 bridgehead atoms. The molecule has 0 unspecified atom stereocenters. The van der Waals surface area contributed by atoms with Gasteiger partial charge in [-0.3, -0.25) is 4.79 Å². The maximum atomic E-state index is 12.2. The van der Waals surface area contributed by atoms with Crippen LogP contribution in [0.1, 0.15) is 35.2 Å². The van der Waals surface area contributed by atoms with Crippen molar-refractivity contribution in [2.24, 2.45) is 0 Å². The van der Waals surface area contributed by atoms with Crippen LogP contribution in [-0.2, 0) is 6.42 Å². The van der Waals surface area contributed by atoms with Crippen LogP contribution in [0, 0.1) is 0 Å². The number of hydrogen-bond acceptors (Lipinski definition) is 2. The summed E-state index contributed by atoms with van der Waals surface area (Å²) in [6, 6.07) is 4.75. The summed E-state index contributed by atoms with van der Waals surface area (Å²) < 4.78 is 28.8. The Balaban J connectivity index is 2.40. The summed E-state index contributed by atoms with van der Waals surface area (Å²) in [5, 5.41) is 0. The number of benzene rings is 1. The summed E-state index contributed by atoms with van der Waals surface area (Å²) in [4.78, 5) is 11.7. The van der Waals surface area contributed by atoms with Gasteiger partial charge in [0.05, 0.1) is 0 Å². The molecule has 2 nitrogen and oxygen atoms in total. The maximum Gasteiger partial charge on any atom is 0.387 e. The van der Waals surface area contributed by atoms with Crippen LogP contribution in [0.2, 0.25) is 0 Å². The number of carbonyl (C=O) groups is 1. The maximum absolute atomic E-state index is 12.2. The molecule has 86 valence electrons. The second-order valence-electron chi connectivity index (χ2n) is 3.79. The lowest BCUT2D eigenvalue weighted by Crippen LogP contribution is -2.07. The molecule has 0 saturated heterocycles. The van der Waals surface area contributed by atoms with Gasteiger partial charge >= 0.3 is 6.61 Å². The zero-order valence-corrected chi connectivity index (χ0v) is 8.71. The van der Waals surface area contributed by atoms with Crippen molar-refractivity contribution in [2.45, 2.75) is 32.3 Å². The number of Topliss-reactive ketones (excluding diaryl/α,β-unsaturated/α-hetero) is 1. The zero-order chi connectivity index (χ0) is 11.5. The van der Waals surface area contributed by atoms with Crippen molar-refractivity contribution < 1.29 is 18.3 Å². The van der Waals surface area contributed by atoms with Gasteiger partial charge in [-0.1, -0.05) is 12.1 Å². The van der Waals surface area contributed by atoms with Crippen LogP contribution in [0.3, 0.4) is 0 Å². The molecule has 1 aromatic rings. The van der Waals surface area contributed by atoms with Gasteiger partial charge in [0.25, 0.3) is 0 Å². The molecule has 0 radical (unpaired) electrons. The third kappa shape index (κ3) is 2.21. The minimum Gasteiger partial charge on any atom is -0.435 e. The molecular weight excluding hydrogens is 214 g/mol. The molecule has 0 N–H and O–H groups in total. The first-order chi connectivity index (χ1) is 7.68. The van der Waals surface area contributed by atoms with E-state index in [9.17, 15) is 13.6 Å². The number of halogens is 2. The number of fused-ring (bicyclic) bond motifs is 1. The number of ketones is 1. The highest BCUT2D eigenvalue weighted by Gasteiger charge is 2.20. The fourth-order valence-corrected chi connectivity index (χ4v) is 2.01. The van der Waals surface area contributed by atoms with Gasteiger partial charge in [0.15, 0.2) is 5.78 Å². The van der Waals surface area contributed by atoms with Gasteiger partial charge in [0, 0.05) is 17.5 Å². The zero-order valence-electron chi connectivity index (χ0n) is 8.71. The molecule has 0 heterocycles. The Morgan fingerprint density at radius 2 is 1.94 bits per heavy atom. The van der Waals surface area contributed by atoms with E-state index in [1.807, 2.05) is 0 Å². The molecule has 4 heteroatoms. The number of ether oxygens (including phenoxy) is 1. The van der Waals surface area contributed by atoms with E-state index in [1.165, 1.54) is 6.07 Å². The first-order valence-corrected chi connectivity index (χ1v) is 5.28. The second-order valence-corrected chi connectivity index (χ2v) is 3.79. The molecule has 1 aliphatic rings. The predicted octanol–water partition coefficient (Wildman–Crippen LogP) is 3.20. The molecular formula is C12H12F2O2. The summed E-state index contributed by atoms with van der Waals surface area (Å²) in [7, 11) is 0. The van der Waals surface area contributed by atoms with E-state index in [-0.39, 0.29) is 11.5 Å². The summed E-state index contributed by atoms with van der Waals surface area (Å²) in [6.07, 6.45) is 2.76. The van der Waals surface area contributed by atoms with E-state index in [0.29, 0.717) is 24.0 Å². The lowest BCUT2D eigenvalue weighted by atomic mass is 10.0. The number of hydrogen-bond donors (Lipinski definition) is 0. The van der Waals surface area contributed by atoms with Gasteiger partial charge < -0.3 is 4.74 Å². The lowest BCUT2D eigenvalue weighted by Gasteiger charge is -2.11. The monoisotopic (exact) mass is 226 g/mol. The molecule has 0 atom stereocenters. The molecule has 0 spiro atoms. The van der Waals surface area contributed by atoms with Crippen LogP contribution >= 0.6 is 0 Å². The smallest absolute Gasteiger partial charge is 0.387 e. The van der Waals surface area contributed by atoms with Crippen LogP contribution in [0.4, 0.5) is 8.78 Å². The van der Waals surface area contributed by atoms with Crippen molar-refractivity contribution in [3.63, 3.8) is 0 Å². The molecule has 2 rings (SSSR count). The van der Waals surface area contributed by atoms with Crippen LogP contribution < -0.4 is 4.74 Å². The highest BCUT2D eigenvalue weighted by molar-refractivity contribution is 5.98. The van der Waals surface area contributed by atoms with E-state index in [1.54, 1.807) is 12.1 Å². The normalized spacial score (nSPS) is 15.8. The van der Waals surface area contributed by atoms with E-state index in [2.05, 4.69) is 4.74 Å². The largest absolute Gasteiger partial charge is 0.435 e. The van der Waals surface area contributed by atoms with Crippen LogP contribution in [0.25, 0.3) is 0 Å². The van der Waals surface area contributed by atoms with E-state index in [4.69, 9.17) is 0 Å². The van der Waals surface area contributed by atoms with Crippen LogP contribution in [0.5, 0.6) is 5.75 Å². The number of carbonyl (C=O) groups excluding carboxylic acids is 1. The van der Waals surface area contributed by atoms with Crippen molar-refractivity contribution in [2.75, 3.05) is 0 Å². The Morgan fingerprint density at radius 3 is 2.69 bits per heavy atom. The Morgan fingerprint density at radius 1 is 1.19 bits per heavy atom. The summed E-state index contributed by atoms with van der Waals surface area (Å²) >= 11 is 0. The third-order valence-corrected chi connectivity index (χ3v) is 2.73. The Hall–Kier alpha value is -1.45. The summed E-state index contributed by atoms with van der Waals surface area (Å²) in [5.74, 6) is 0.162. The van der Waals surface area contributed by atoms with E-state index >= 15 is 0 Å². The molecule has 0 fully saturated rings. The van der Waals surface area contributed by atoms with Gasteiger partial charge in [0.1, 0.15) is 5.75 Å². The SMILES string of the molecule is O=C1CCCCc2c(OC(F)F)cccc21. The lowest BCUT2D eigenvalue weighted by molar-refractivity contribution is -0.0504. The highest BCUT2D eigenvalue weighted by atomic mass is 19.3. The Kier molecular flexibility index (Phi) is 3.17. The van der Waals surface area contributed by atoms with Gasteiger partial charge in [-0.05, 0) is 25.3 Å². The molecule has 1 aromatic carbocycles. The van der Waals surface area contributed by atoms with Crippen molar-refractivity contribution in [3.8, 4) is 5.75 Å². The third-order valence-electron chi connectivity index (χ3n) is 2.73. The average Bonchev–Trinajstić information content (AvgIpc) is 2.41. The highest BCUT2D eigenvalue weighted by Crippen LogP contribution is 2.29. The minimum absolute atomic E-state index is 0.0206. The van der Waals surface area contributed by atoms with Crippen LogP contribution in [0.15, 0.2) is 18.2 Å².